The minimum atomic E-state index is -0.289. The maximum absolute atomic E-state index is 12.5. The molecule has 0 atom stereocenters. The van der Waals surface area contributed by atoms with E-state index in [2.05, 4.69) is 10.1 Å². The van der Waals surface area contributed by atoms with Gasteiger partial charge in [0.25, 0.3) is 5.56 Å². The van der Waals surface area contributed by atoms with Crippen LogP contribution in [0.25, 0.3) is 10.1 Å². The van der Waals surface area contributed by atoms with Crippen LogP contribution in [0.2, 0.25) is 0 Å². The van der Waals surface area contributed by atoms with Crippen LogP contribution < -0.4 is 10.4 Å². The minimum Gasteiger partial charge on any atom is -0.268 e. The number of hydrogen-bond acceptors (Lipinski definition) is 5. The first kappa shape index (κ1) is 14.6. The van der Waals surface area contributed by atoms with Crippen molar-refractivity contribution in [1.82, 2.24) is 19.3 Å². The summed E-state index contributed by atoms with van der Waals surface area (Å²) in [5.41, 5.74) is -0.554. The Balaban J connectivity index is 2.15. The van der Waals surface area contributed by atoms with Gasteiger partial charge in [-0.3, -0.25) is 14.2 Å². The fourth-order valence-corrected chi connectivity index (χ4v) is 3.18. The highest BCUT2D eigenvalue weighted by molar-refractivity contribution is 7.16. The first-order valence-electron chi connectivity index (χ1n) is 6.90. The maximum Gasteiger partial charge on any atom is 0.310 e. The molecule has 0 saturated carbocycles. The molecule has 0 radical (unpaired) electrons. The van der Waals surface area contributed by atoms with Gasteiger partial charge in [0.2, 0.25) is 0 Å². The molecule has 2 aromatic heterocycles. The van der Waals surface area contributed by atoms with Gasteiger partial charge in [-0.2, -0.15) is 5.10 Å². The topological polar surface area (TPSA) is 69.8 Å². The Morgan fingerprint density at radius 2 is 1.91 bits per heavy atom. The summed E-state index contributed by atoms with van der Waals surface area (Å²) in [6, 6.07) is 7.13. The lowest BCUT2D eigenvalue weighted by Crippen LogP contribution is -2.34. The molecule has 22 heavy (non-hydrogen) atoms. The summed E-state index contributed by atoms with van der Waals surface area (Å²) in [4.78, 5) is 28.7. The number of hydrogen-bond donors (Lipinski definition) is 0. The molecule has 1 aromatic carbocycles. The second-order valence-electron chi connectivity index (χ2n) is 6.01. The summed E-state index contributed by atoms with van der Waals surface area (Å²) in [6.45, 7) is 6.11. The zero-order valence-corrected chi connectivity index (χ0v) is 13.4. The standard InChI is InChI=1S/C15H16N4O2S/c1-15(2,3)19-12(16-9-17-19)8-18-13(20)10-6-4-5-7-11(10)22-14(18)21/h4-7,9H,8H2,1-3H3. The van der Waals surface area contributed by atoms with Gasteiger partial charge >= 0.3 is 4.87 Å². The van der Waals surface area contributed by atoms with E-state index in [1.165, 1.54) is 10.9 Å². The lowest BCUT2D eigenvalue weighted by Gasteiger charge is -2.21. The van der Waals surface area contributed by atoms with Gasteiger partial charge in [0.05, 0.1) is 17.5 Å². The molecule has 7 heteroatoms. The summed E-state index contributed by atoms with van der Waals surface area (Å²) < 4.78 is 3.66. The molecule has 0 aliphatic carbocycles. The van der Waals surface area contributed by atoms with E-state index in [0.717, 1.165) is 11.3 Å². The Labute approximate surface area is 130 Å². The smallest absolute Gasteiger partial charge is 0.268 e. The van der Waals surface area contributed by atoms with Crippen LogP contribution in [0.1, 0.15) is 26.6 Å². The van der Waals surface area contributed by atoms with E-state index in [4.69, 9.17) is 0 Å². The predicted molar refractivity (Wildman–Crippen MR) is 86.5 cm³/mol. The molecular formula is C15H16N4O2S. The molecule has 3 aromatic rings. The summed E-state index contributed by atoms with van der Waals surface area (Å²) in [7, 11) is 0. The van der Waals surface area contributed by atoms with Crippen molar-refractivity contribution in [3.8, 4) is 0 Å². The molecule has 3 rings (SSSR count). The SMILES string of the molecule is CC(C)(C)n1ncnc1Cn1c(=O)sc2ccccc2c1=O. The molecule has 0 bridgehead atoms. The molecule has 6 nitrogen and oxygen atoms in total. The molecule has 0 unspecified atom stereocenters. The third-order valence-corrected chi connectivity index (χ3v) is 4.30. The second kappa shape index (κ2) is 5.17. The number of fused-ring (bicyclic) bond motifs is 1. The van der Waals surface area contributed by atoms with Gasteiger partial charge in [0.1, 0.15) is 12.2 Å². The highest BCUT2D eigenvalue weighted by Crippen LogP contribution is 2.15. The fraction of sp³-hybridized carbons (Fsp3) is 0.333. The Kier molecular flexibility index (Phi) is 3.44. The number of aromatic nitrogens is 4. The number of rotatable bonds is 2. The van der Waals surface area contributed by atoms with Crippen LogP contribution in [0.5, 0.6) is 0 Å². The molecule has 0 saturated heterocycles. The highest BCUT2D eigenvalue weighted by Gasteiger charge is 2.20. The maximum atomic E-state index is 12.5. The average molecular weight is 316 g/mol. The van der Waals surface area contributed by atoms with E-state index < -0.39 is 0 Å². The number of benzene rings is 1. The summed E-state index contributed by atoms with van der Waals surface area (Å²) in [5, 5.41) is 4.75. The normalized spacial score (nSPS) is 12.0. The highest BCUT2D eigenvalue weighted by atomic mass is 32.1. The molecule has 2 heterocycles. The fourth-order valence-electron chi connectivity index (χ4n) is 2.32. The van der Waals surface area contributed by atoms with Crippen molar-refractivity contribution < 1.29 is 0 Å². The monoisotopic (exact) mass is 316 g/mol. The Bertz CT molecular complexity index is 946. The van der Waals surface area contributed by atoms with Crippen molar-refractivity contribution in [2.24, 2.45) is 0 Å². The molecule has 0 aliphatic rings. The van der Waals surface area contributed by atoms with E-state index >= 15 is 0 Å². The average Bonchev–Trinajstić information content (AvgIpc) is 2.92. The van der Waals surface area contributed by atoms with Crippen LogP contribution in [0, 0.1) is 0 Å². The van der Waals surface area contributed by atoms with Gasteiger partial charge < -0.3 is 0 Å². The first-order valence-corrected chi connectivity index (χ1v) is 7.71. The van der Waals surface area contributed by atoms with Gasteiger partial charge in [-0.15, -0.1) is 0 Å². The van der Waals surface area contributed by atoms with Crippen LogP contribution in [0.15, 0.2) is 40.2 Å². The second-order valence-corrected chi connectivity index (χ2v) is 7.01. The van der Waals surface area contributed by atoms with Crippen molar-refractivity contribution in [3.63, 3.8) is 0 Å². The zero-order chi connectivity index (χ0) is 15.9. The van der Waals surface area contributed by atoms with Crippen LogP contribution in [0.4, 0.5) is 0 Å². The first-order chi connectivity index (χ1) is 10.4. The third kappa shape index (κ3) is 2.48. The van der Waals surface area contributed by atoms with Crippen molar-refractivity contribution in [2.45, 2.75) is 32.9 Å². The molecule has 0 spiro atoms. The summed E-state index contributed by atoms with van der Waals surface area (Å²) in [5.74, 6) is 0.592. The largest absolute Gasteiger partial charge is 0.310 e. The molecule has 114 valence electrons. The molecule has 0 aliphatic heterocycles. The molecule has 0 fully saturated rings. The van der Waals surface area contributed by atoms with Crippen molar-refractivity contribution in [1.29, 1.82) is 0 Å². The Morgan fingerprint density at radius 1 is 1.18 bits per heavy atom. The summed E-state index contributed by atoms with van der Waals surface area (Å²) >= 11 is 1.07. The third-order valence-electron chi connectivity index (χ3n) is 3.33. The number of nitrogens with zero attached hydrogens (tertiary/aromatic N) is 4. The van der Waals surface area contributed by atoms with Crippen LogP contribution in [-0.4, -0.2) is 19.3 Å². The molecule has 0 amide bonds. The molecule has 0 N–H and O–H groups in total. The van der Waals surface area contributed by atoms with Gasteiger partial charge in [-0.1, -0.05) is 23.5 Å². The van der Waals surface area contributed by atoms with E-state index in [0.29, 0.717) is 15.9 Å². The predicted octanol–water partition coefficient (Wildman–Crippen LogP) is 1.82. The van der Waals surface area contributed by atoms with Crippen LogP contribution in [0.3, 0.4) is 0 Å². The Hall–Kier alpha value is -2.28. The van der Waals surface area contributed by atoms with Crippen molar-refractivity contribution in [3.05, 3.63) is 56.4 Å². The lowest BCUT2D eigenvalue weighted by molar-refractivity contribution is 0.338. The van der Waals surface area contributed by atoms with Crippen LogP contribution >= 0.6 is 11.3 Å². The van der Waals surface area contributed by atoms with E-state index in [9.17, 15) is 9.59 Å². The Morgan fingerprint density at radius 3 is 2.64 bits per heavy atom. The lowest BCUT2D eigenvalue weighted by atomic mass is 10.1. The van der Waals surface area contributed by atoms with E-state index in [1.54, 1.807) is 22.9 Å². The van der Waals surface area contributed by atoms with E-state index in [1.807, 2.05) is 26.8 Å². The zero-order valence-electron chi connectivity index (χ0n) is 12.6. The van der Waals surface area contributed by atoms with Crippen LogP contribution in [-0.2, 0) is 12.1 Å². The minimum absolute atomic E-state index is 0.121. The van der Waals surface area contributed by atoms with Crippen molar-refractivity contribution >= 4 is 21.4 Å². The van der Waals surface area contributed by atoms with E-state index in [-0.39, 0.29) is 22.5 Å². The van der Waals surface area contributed by atoms with Gasteiger partial charge in [0.15, 0.2) is 0 Å². The van der Waals surface area contributed by atoms with Crippen molar-refractivity contribution in [2.75, 3.05) is 0 Å². The van der Waals surface area contributed by atoms with Gasteiger partial charge in [-0.05, 0) is 32.9 Å². The quantitative estimate of drug-likeness (QED) is 0.723. The van der Waals surface area contributed by atoms with Gasteiger partial charge in [-0.25, -0.2) is 9.67 Å². The van der Waals surface area contributed by atoms with Gasteiger partial charge in [0, 0.05) is 4.70 Å². The summed E-state index contributed by atoms with van der Waals surface area (Å²) in [6.07, 6.45) is 1.45. The molecular weight excluding hydrogens is 300 g/mol.